The van der Waals surface area contributed by atoms with E-state index in [4.69, 9.17) is 14.2 Å². The molecule has 0 spiro atoms. The molecule has 1 atom stereocenters. The third kappa shape index (κ3) is 4.66. The van der Waals surface area contributed by atoms with E-state index in [1.165, 1.54) is 7.11 Å². The lowest BCUT2D eigenvalue weighted by molar-refractivity contribution is -0.120. The number of fused-ring (bicyclic) bond motifs is 1. The first kappa shape index (κ1) is 19.8. The zero-order valence-corrected chi connectivity index (χ0v) is 16.4. The van der Waals surface area contributed by atoms with E-state index in [0.717, 1.165) is 10.6 Å². The van der Waals surface area contributed by atoms with Crippen LogP contribution in [0.5, 0.6) is 17.2 Å². The number of nitrogens with zero attached hydrogens (tertiary/aromatic N) is 1. The number of hydrogen-bond acceptors (Lipinski definition) is 6. The van der Waals surface area contributed by atoms with Gasteiger partial charge in [-0.05, 0) is 24.3 Å². The number of methoxy groups -OCH3 is 1. The van der Waals surface area contributed by atoms with Crippen molar-refractivity contribution in [2.45, 2.75) is 6.10 Å². The number of hydrogen-bond donors (Lipinski definition) is 1. The molecule has 0 saturated carbocycles. The van der Waals surface area contributed by atoms with Crippen LogP contribution in [0.4, 0.5) is 5.69 Å². The molecule has 1 aliphatic heterocycles. The number of nitrogens with one attached hydrogen (secondary N) is 1. The van der Waals surface area contributed by atoms with Crippen molar-refractivity contribution in [2.75, 3.05) is 37.4 Å². The molecule has 9 heteroatoms. The molecule has 0 bridgehead atoms. The van der Waals surface area contributed by atoms with Gasteiger partial charge >= 0.3 is 0 Å². The predicted molar refractivity (Wildman–Crippen MR) is 105 cm³/mol. The Morgan fingerprint density at radius 3 is 2.57 bits per heavy atom. The number of anilines is 1. The zero-order chi connectivity index (χ0) is 20.1. The van der Waals surface area contributed by atoms with E-state index in [1.54, 1.807) is 36.4 Å². The molecule has 1 aliphatic rings. The zero-order valence-electron chi connectivity index (χ0n) is 15.6. The normalized spacial score (nSPS) is 15.6. The van der Waals surface area contributed by atoms with Crippen LogP contribution in [0, 0.1) is 0 Å². The van der Waals surface area contributed by atoms with Crippen LogP contribution in [-0.4, -0.2) is 53.5 Å². The maximum atomic E-state index is 12.4. The van der Waals surface area contributed by atoms with Gasteiger partial charge in [-0.3, -0.25) is 9.10 Å². The lowest BCUT2D eigenvalue weighted by Gasteiger charge is -2.27. The topological polar surface area (TPSA) is 94.2 Å². The Kier molecular flexibility index (Phi) is 5.93. The van der Waals surface area contributed by atoms with Crippen LogP contribution in [-0.2, 0) is 14.8 Å². The fourth-order valence-corrected chi connectivity index (χ4v) is 3.65. The van der Waals surface area contributed by atoms with E-state index in [-0.39, 0.29) is 19.2 Å². The van der Waals surface area contributed by atoms with Crippen LogP contribution in [0.25, 0.3) is 0 Å². The molecule has 8 nitrogen and oxygen atoms in total. The number of carbonyl (C=O) groups is 1. The Morgan fingerprint density at radius 1 is 1.18 bits per heavy atom. The van der Waals surface area contributed by atoms with Gasteiger partial charge < -0.3 is 19.5 Å². The monoisotopic (exact) mass is 406 g/mol. The minimum atomic E-state index is -3.69. The summed E-state index contributed by atoms with van der Waals surface area (Å²) in [7, 11) is -2.25. The maximum absolute atomic E-state index is 12.4. The first-order chi connectivity index (χ1) is 13.4. The fourth-order valence-electron chi connectivity index (χ4n) is 2.79. The van der Waals surface area contributed by atoms with Crippen LogP contribution < -0.4 is 23.8 Å². The van der Waals surface area contributed by atoms with Crippen LogP contribution in [0.1, 0.15) is 0 Å². The molecular weight excluding hydrogens is 384 g/mol. The molecule has 28 heavy (non-hydrogen) atoms. The Morgan fingerprint density at radius 2 is 1.86 bits per heavy atom. The third-order valence-corrected chi connectivity index (χ3v) is 5.26. The SMILES string of the molecule is COc1ccccc1N(CC(=O)NC[C@H]1COc2ccccc2O1)S(C)(=O)=O. The summed E-state index contributed by atoms with van der Waals surface area (Å²) in [4.78, 5) is 12.4. The predicted octanol–water partition coefficient (Wildman–Crippen LogP) is 1.42. The summed E-state index contributed by atoms with van der Waals surface area (Å²) in [6, 6.07) is 13.9. The van der Waals surface area contributed by atoms with Gasteiger partial charge in [0.25, 0.3) is 0 Å². The molecule has 0 radical (unpaired) electrons. The summed E-state index contributed by atoms with van der Waals surface area (Å²) in [6.07, 6.45) is 0.679. The number of benzene rings is 2. The Labute approximate surface area is 164 Å². The summed E-state index contributed by atoms with van der Waals surface area (Å²) >= 11 is 0. The largest absolute Gasteiger partial charge is 0.495 e. The second-order valence-electron chi connectivity index (χ2n) is 6.24. The van der Waals surface area contributed by atoms with Crippen molar-refractivity contribution < 1.29 is 27.4 Å². The second kappa shape index (κ2) is 8.39. The number of amides is 1. The van der Waals surface area contributed by atoms with Gasteiger partial charge in [-0.2, -0.15) is 0 Å². The van der Waals surface area contributed by atoms with Gasteiger partial charge in [-0.25, -0.2) is 8.42 Å². The average Bonchev–Trinajstić information content (AvgIpc) is 2.69. The summed E-state index contributed by atoms with van der Waals surface area (Å²) in [5.41, 5.74) is 0.300. The van der Waals surface area contributed by atoms with Gasteiger partial charge in [-0.1, -0.05) is 24.3 Å². The van der Waals surface area contributed by atoms with Crippen LogP contribution in [0.3, 0.4) is 0 Å². The molecule has 0 fully saturated rings. The van der Waals surface area contributed by atoms with Gasteiger partial charge in [0.2, 0.25) is 15.9 Å². The minimum Gasteiger partial charge on any atom is -0.495 e. The Bertz CT molecular complexity index is 947. The third-order valence-electron chi connectivity index (χ3n) is 4.14. The lowest BCUT2D eigenvalue weighted by Crippen LogP contribution is -2.45. The van der Waals surface area contributed by atoms with Gasteiger partial charge in [0.1, 0.15) is 25.0 Å². The van der Waals surface area contributed by atoms with Crippen LogP contribution >= 0.6 is 0 Å². The fraction of sp³-hybridized carbons (Fsp3) is 0.316. The molecule has 1 amide bonds. The highest BCUT2D eigenvalue weighted by molar-refractivity contribution is 7.92. The van der Waals surface area contributed by atoms with E-state index >= 15 is 0 Å². The molecule has 3 rings (SSSR count). The standard InChI is InChI=1S/C19H22N2O6S/c1-25-16-8-4-3-7-15(16)21(28(2,23)24)12-19(22)20-11-14-13-26-17-9-5-6-10-18(17)27-14/h3-10,14H,11-13H2,1-2H3,(H,20,22)/t14-/m0/s1. The maximum Gasteiger partial charge on any atom is 0.240 e. The molecule has 150 valence electrons. The highest BCUT2D eigenvalue weighted by Gasteiger charge is 2.25. The van der Waals surface area contributed by atoms with E-state index in [1.807, 2.05) is 12.1 Å². The van der Waals surface area contributed by atoms with Crippen LogP contribution in [0.15, 0.2) is 48.5 Å². The molecule has 2 aromatic rings. The molecule has 0 saturated heterocycles. The Balaban J connectivity index is 1.64. The molecule has 1 heterocycles. The van der Waals surface area contributed by atoms with E-state index in [2.05, 4.69) is 5.32 Å². The summed E-state index contributed by atoms with van der Waals surface area (Å²) in [5, 5.41) is 2.70. The van der Waals surface area contributed by atoms with Gasteiger partial charge in [-0.15, -0.1) is 0 Å². The first-order valence-electron chi connectivity index (χ1n) is 8.64. The highest BCUT2D eigenvalue weighted by atomic mass is 32.2. The minimum absolute atomic E-state index is 0.191. The van der Waals surface area contributed by atoms with Crippen LogP contribution in [0.2, 0.25) is 0 Å². The van der Waals surface area contributed by atoms with Crippen molar-refractivity contribution >= 4 is 21.6 Å². The molecule has 0 aliphatic carbocycles. The van der Waals surface area contributed by atoms with E-state index in [9.17, 15) is 13.2 Å². The number of rotatable bonds is 7. The van der Waals surface area contributed by atoms with Crippen molar-refractivity contribution in [3.63, 3.8) is 0 Å². The summed E-state index contributed by atoms with van der Waals surface area (Å²) in [5.74, 6) is 1.17. The van der Waals surface area contributed by atoms with Crippen molar-refractivity contribution in [1.82, 2.24) is 5.32 Å². The van der Waals surface area contributed by atoms with Gasteiger partial charge in [0.15, 0.2) is 11.5 Å². The number of para-hydroxylation sites is 4. The van der Waals surface area contributed by atoms with Crippen molar-refractivity contribution in [3.05, 3.63) is 48.5 Å². The van der Waals surface area contributed by atoms with Gasteiger partial charge in [0, 0.05) is 0 Å². The smallest absolute Gasteiger partial charge is 0.240 e. The molecule has 1 N–H and O–H groups in total. The molecule has 2 aromatic carbocycles. The van der Waals surface area contributed by atoms with Crippen molar-refractivity contribution in [3.8, 4) is 17.2 Å². The van der Waals surface area contributed by atoms with Crippen molar-refractivity contribution in [1.29, 1.82) is 0 Å². The highest BCUT2D eigenvalue weighted by Crippen LogP contribution is 2.31. The Hall–Kier alpha value is -2.94. The average molecular weight is 406 g/mol. The summed E-state index contributed by atoms with van der Waals surface area (Å²) in [6.45, 7) is 0.111. The van der Waals surface area contributed by atoms with E-state index in [0.29, 0.717) is 29.5 Å². The number of carbonyl (C=O) groups excluding carboxylic acids is 1. The quantitative estimate of drug-likeness (QED) is 0.747. The molecule has 0 aromatic heterocycles. The summed E-state index contributed by atoms with van der Waals surface area (Å²) < 4.78 is 42.1. The second-order valence-corrected chi connectivity index (χ2v) is 8.15. The number of ether oxygens (including phenoxy) is 3. The molecule has 0 unspecified atom stereocenters. The lowest BCUT2D eigenvalue weighted by atomic mass is 10.2. The van der Waals surface area contributed by atoms with Gasteiger partial charge in [0.05, 0.1) is 25.6 Å². The van der Waals surface area contributed by atoms with Crippen molar-refractivity contribution in [2.24, 2.45) is 0 Å². The first-order valence-corrected chi connectivity index (χ1v) is 10.5. The van der Waals surface area contributed by atoms with E-state index < -0.39 is 15.9 Å². The molecular formula is C19H22N2O6S. The number of sulfonamides is 1.